The molecular formula is C13H15ClN2O2S2. The monoisotopic (exact) mass is 330 g/mol. The van der Waals surface area contributed by atoms with E-state index in [1.165, 1.54) is 11.9 Å². The Morgan fingerprint density at radius 3 is 2.40 bits per heavy atom. The standard InChI is InChI=1S/C13H15ClN2O2S2/c1-15-20(17,18)12-5-2-10(3-6-12)16-9-8-11-4-7-13(14)19-11/h2-7,15-16H,8-9H2,1H3. The fourth-order valence-corrected chi connectivity index (χ4v) is 3.50. The van der Waals surface area contributed by atoms with Crippen LogP contribution in [0.5, 0.6) is 0 Å². The molecule has 0 unspecified atom stereocenters. The molecule has 4 nitrogen and oxygen atoms in total. The first-order chi connectivity index (χ1) is 9.51. The van der Waals surface area contributed by atoms with Gasteiger partial charge in [0, 0.05) is 17.1 Å². The fourth-order valence-electron chi connectivity index (χ4n) is 1.69. The van der Waals surface area contributed by atoms with Gasteiger partial charge in [0.25, 0.3) is 0 Å². The van der Waals surface area contributed by atoms with E-state index in [2.05, 4.69) is 10.0 Å². The van der Waals surface area contributed by atoms with Crippen molar-refractivity contribution in [3.8, 4) is 0 Å². The van der Waals surface area contributed by atoms with Gasteiger partial charge in [0.15, 0.2) is 0 Å². The highest BCUT2D eigenvalue weighted by atomic mass is 35.5. The van der Waals surface area contributed by atoms with Gasteiger partial charge in [-0.25, -0.2) is 13.1 Å². The number of nitrogens with one attached hydrogen (secondary N) is 2. The van der Waals surface area contributed by atoms with E-state index >= 15 is 0 Å². The van der Waals surface area contributed by atoms with Gasteiger partial charge in [0.05, 0.1) is 9.23 Å². The van der Waals surface area contributed by atoms with E-state index in [-0.39, 0.29) is 4.90 Å². The van der Waals surface area contributed by atoms with Crippen molar-refractivity contribution >= 4 is 38.6 Å². The van der Waals surface area contributed by atoms with E-state index in [1.54, 1.807) is 35.6 Å². The molecule has 20 heavy (non-hydrogen) atoms. The molecule has 0 aliphatic heterocycles. The largest absolute Gasteiger partial charge is 0.385 e. The van der Waals surface area contributed by atoms with Crippen LogP contribution in [0.4, 0.5) is 5.69 Å². The minimum Gasteiger partial charge on any atom is -0.385 e. The molecule has 0 saturated heterocycles. The second-order valence-corrected chi connectivity index (χ2v) is 7.80. The Kier molecular flexibility index (Phi) is 5.04. The minimum absolute atomic E-state index is 0.260. The molecule has 1 heterocycles. The maximum absolute atomic E-state index is 11.6. The number of halogens is 1. The van der Waals surface area contributed by atoms with E-state index in [1.807, 2.05) is 12.1 Å². The molecule has 0 aliphatic carbocycles. The normalized spacial score (nSPS) is 11.5. The van der Waals surface area contributed by atoms with Gasteiger partial charge in [0.2, 0.25) is 10.0 Å². The summed E-state index contributed by atoms with van der Waals surface area (Å²) in [5.74, 6) is 0. The van der Waals surface area contributed by atoms with Crippen molar-refractivity contribution in [2.75, 3.05) is 18.9 Å². The molecule has 0 spiro atoms. The molecule has 0 fully saturated rings. The molecule has 0 amide bonds. The summed E-state index contributed by atoms with van der Waals surface area (Å²) >= 11 is 7.44. The first kappa shape index (κ1) is 15.3. The second kappa shape index (κ2) is 6.58. The molecular weight excluding hydrogens is 316 g/mol. The van der Waals surface area contributed by atoms with Crippen LogP contribution in [0.2, 0.25) is 4.34 Å². The molecule has 0 radical (unpaired) electrons. The number of rotatable bonds is 6. The van der Waals surface area contributed by atoms with Crippen molar-refractivity contribution < 1.29 is 8.42 Å². The maximum atomic E-state index is 11.6. The highest BCUT2D eigenvalue weighted by Crippen LogP contribution is 2.22. The Labute approximate surface area is 127 Å². The molecule has 108 valence electrons. The van der Waals surface area contributed by atoms with Gasteiger partial charge in [0.1, 0.15) is 0 Å². The smallest absolute Gasteiger partial charge is 0.240 e. The molecule has 0 aliphatic rings. The predicted octanol–water partition coefficient (Wildman–Crippen LogP) is 2.96. The third-order valence-corrected chi connectivity index (χ3v) is 5.48. The Morgan fingerprint density at radius 1 is 1.15 bits per heavy atom. The predicted molar refractivity (Wildman–Crippen MR) is 84.2 cm³/mol. The number of sulfonamides is 1. The molecule has 7 heteroatoms. The van der Waals surface area contributed by atoms with Gasteiger partial charge in [-0.1, -0.05) is 11.6 Å². The molecule has 0 bridgehead atoms. The summed E-state index contributed by atoms with van der Waals surface area (Å²) in [5, 5.41) is 3.25. The third-order valence-electron chi connectivity index (χ3n) is 2.76. The van der Waals surface area contributed by atoms with Crippen LogP contribution in [0.1, 0.15) is 4.88 Å². The van der Waals surface area contributed by atoms with Crippen LogP contribution < -0.4 is 10.0 Å². The Morgan fingerprint density at radius 2 is 1.85 bits per heavy atom. The van der Waals surface area contributed by atoms with Crippen molar-refractivity contribution in [3.63, 3.8) is 0 Å². The zero-order chi connectivity index (χ0) is 14.6. The Balaban J connectivity index is 1.91. The summed E-state index contributed by atoms with van der Waals surface area (Å²) in [6.45, 7) is 0.773. The molecule has 0 atom stereocenters. The highest BCUT2D eigenvalue weighted by molar-refractivity contribution is 7.89. The Hall–Kier alpha value is -1.08. The maximum Gasteiger partial charge on any atom is 0.240 e. The summed E-state index contributed by atoms with van der Waals surface area (Å²) in [7, 11) is -1.97. The molecule has 0 saturated carbocycles. The van der Waals surface area contributed by atoms with Crippen molar-refractivity contribution in [2.24, 2.45) is 0 Å². The van der Waals surface area contributed by atoms with Crippen molar-refractivity contribution in [2.45, 2.75) is 11.3 Å². The van der Waals surface area contributed by atoms with E-state index < -0.39 is 10.0 Å². The number of thiophene rings is 1. The van der Waals surface area contributed by atoms with E-state index in [9.17, 15) is 8.42 Å². The topological polar surface area (TPSA) is 58.2 Å². The number of hydrogen-bond acceptors (Lipinski definition) is 4. The second-order valence-electron chi connectivity index (χ2n) is 4.11. The van der Waals surface area contributed by atoms with Crippen LogP contribution in [-0.4, -0.2) is 22.0 Å². The van der Waals surface area contributed by atoms with Gasteiger partial charge in [-0.2, -0.15) is 0 Å². The summed E-state index contributed by atoms with van der Waals surface area (Å²) in [5.41, 5.74) is 0.891. The van der Waals surface area contributed by atoms with Crippen molar-refractivity contribution in [1.29, 1.82) is 0 Å². The van der Waals surface area contributed by atoms with Gasteiger partial charge in [-0.05, 0) is 49.9 Å². The van der Waals surface area contributed by atoms with E-state index in [0.717, 1.165) is 23.0 Å². The van der Waals surface area contributed by atoms with Crippen LogP contribution >= 0.6 is 22.9 Å². The lowest BCUT2D eigenvalue weighted by Crippen LogP contribution is -2.18. The van der Waals surface area contributed by atoms with Crippen molar-refractivity contribution in [1.82, 2.24) is 4.72 Å². The van der Waals surface area contributed by atoms with Gasteiger partial charge >= 0.3 is 0 Å². The van der Waals surface area contributed by atoms with E-state index in [4.69, 9.17) is 11.6 Å². The lowest BCUT2D eigenvalue weighted by atomic mass is 10.3. The van der Waals surface area contributed by atoms with Gasteiger partial charge < -0.3 is 5.32 Å². The fraction of sp³-hybridized carbons (Fsp3) is 0.231. The van der Waals surface area contributed by atoms with Gasteiger partial charge in [-0.15, -0.1) is 11.3 Å². The Bertz CT molecular complexity index is 666. The van der Waals surface area contributed by atoms with E-state index in [0.29, 0.717) is 0 Å². The molecule has 2 aromatic rings. The molecule has 2 N–H and O–H groups in total. The van der Waals surface area contributed by atoms with Gasteiger partial charge in [-0.3, -0.25) is 0 Å². The number of hydrogen-bond donors (Lipinski definition) is 2. The summed E-state index contributed by atoms with van der Waals surface area (Å²) in [6.07, 6.45) is 0.883. The molecule has 1 aromatic heterocycles. The first-order valence-corrected chi connectivity index (χ1v) is 8.71. The van der Waals surface area contributed by atoms with Crippen LogP contribution in [0, 0.1) is 0 Å². The van der Waals surface area contributed by atoms with Crippen LogP contribution in [0.15, 0.2) is 41.3 Å². The SMILES string of the molecule is CNS(=O)(=O)c1ccc(NCCc2ccc(Cl)s2)cc1. The van der Waals surface area contributed by atoms with Crippen molar-refractivity contribution in [3.05, 3.63) is 45.6 Å². The lowest BCUT2D eigenvalue weighted by Gasteiger charge is -2.07. The van der Waals surface area contributed by atoms with Crippen LogP contribution in [0.3, 0.4) is 0 Å². The summed E-state index contributed by atoms with van der Waals surface area (Å²) in [4.78, 5) is 1.48. The van der Waals surface area contributed by atoms with Crippen LogP contribution in [0.25, 0.3) is 0 Å². The molecule has 1 aromatic carbocycles. The average molecular weight is 331 g/mol. The minimum atomic E-state index is -3.37. The first-order valence-electron chi connectivity index (χ1n) is 6.03. The summed E-state index contributed by atoms with van der Waals surface area (Å²) < 4.78 is 26.2. The quantitative estimate of drug-likeness (QED) is 0.856. The zero-order valence-corrected chi connectivity index (χ0v) is 13.3. The lowest BCUT2D eigenvalue weighted by molar-refractivity contribution is 0.588. The summed E-state index contributed by atoms with van der Waals surface area (Å²) in [6, 6.07) is 10.6. The average Bonchev–Trinajstić information content (AvgIpc) is 2.85. The zero-order valence-electron chi connectivity index (χ0n) is 10.9. The molecule has 2 rings (SSSR count). The third kappa shape index (κ3) is 3.96. The number of benzene rings is 1. The number of anilines is 1. The highest BCUT2D eigenvalue weighted by Gasteiger charge is 2.10. The van der Waals surface area contributed by atoms with Crippen LogP contribution in [-0.2, 0) is 16.4 Å².